The number of rotatable bonds is 21. The van der Waals surface area contributed by atoms with Gasteiger partial charge in [-0.25, -0.2) is 9.59 Å². The summed E-state index contributed by atoms with van der Waals surface area (Å²) in [5.41, 5.74) is 11.9. The zero-order chi connectivity index (χ0) is 67.2. The molecule has 0 saturated carbocycles. The quantitative estimate of drug-likeness (QED) is 0.0394. The summed E-state index contributed by atoms with van der Waals surface area (Å²) in [5, 5.41) is 63.2. The number of nitrogens with one attached hydrogen (secondary N) is 3. The molecule has 9 aromatic rings. The first kappa shape index (κ1) is 71.4. The fourth-order valence-corrected chi connectivity index (χ4v) is 11.4. The number of hydrogen-bond acceptors (Lipinski definition) is 16. The Morgan fingerprint density at radius 2 is 0.559 bits per heavy atom. The van der Waals surface area contributed by atoms with Gasteiger partial charge in [-0.2, -0.15) is 15.6 Å². The van der Waals surface area contributed by atoms with Crippen LogP contribution in [0.2, 0.25) is 0 Å². The average Bonchev–Trinajstić information content (AvgIpc) is 1.72. The van der Waals surface area contributed by atoms with Crippen molar-refractivity contribution in [2.24, 2.45) is 17.6 Å². The van der Waals surface area contributed by atoms with Crippen molar-refractivity contribution >= 4 is 35.6 Å². The van der Waals surface area contributed by atoms with E-state index in [0.717, 1.165) is 33.4 Å². The number of carboxylic acids is 2. The number of hydrogen-bond donors (Lipinski definition) is 6. The van der Waals surface area contributed by atoms with Gasteiger partial charge < -0.3 is 35.5 Å². The van der Waals surface area contributed by atoms with E-state index in [1.807, 2.05) is 79.7 Å². The Morgan fingerprint density at radius 1 is 0.366 bits per heavy atom. The normalized spacial score (nSPS) is 11.7. The van der Waals surface area contributed by atoms with Gasteiger partial charge in [0.2, 0.25) is 0 Å². The van der Waals surface area contributed by atoms with Crippen molar-refractivity contribution in [2.75, 3.05) is 56.4 Å². The number of aromatic nitrogens is 12. The van der Waals surface area contributed by atoms with Crippen LogP contribution in [-0.2, 0) is 16.2 Å². The Morgan fingerprint density at radius 3 is 0.710 bits per heavy atom. The van der Waals surface area contributed by atoms with Gasteiger partial charge >= 0.3 is 11.9 Å². The van der Waals surface area contributed by atoms with Crippen LogP contribution in [-0.4, -0.2) is 190 Å². The number of carbonyl (C=O) groups is 6. The lowest BCUT2D eigenvalue weighted by Gasteiger charge is -2.34. The van der Waals surface area contributed by atoms with Gasteiger partial charge in [-0.1, -0.05) is 124 Å². The topological polar surface area (TPSA) is 345 Å². The summed E-state index contributed by atoms with van der Waals surface area (Å²) in [6, 6.07) is 42.8. The van der Waals surface area contributed by atoms with Crippen molar-refractivity contribution in [3.63, 3.8) is 0 Å². The molecule has 488 valence electrons. The maximum Gasteiger partial charge on any atom is 0.335 e. The zero-order valence-corrected chi connectivity index (χ0v) is 53.9. The van der Waals surface area contributed by atoms with E-state index in [1.54, 1.807) is 139 Å². The van der Waals surface area contributed by atoms with E-state index in [9.17, 15) is 39.0 Å². The molecular weight excluding hydrogens is 1180 g/mol. The molecule has 25 heteroatoms. The average molecular weight is 1270 g/mol. The second-order valence-electron chi connectivity index (χ2n) is 24.2. The maximum atomic E-state index is 12.4. The first-order valence-corrected chi connectivity index (χ1v) is 29.6. The van der Waals surface area contributed by atoms with Gasteiger partial charge in [-0.05, 0) is 144 Å². The molecule has 93 heavy (non-hydrogen) atoms. The highest BCUT2D eigenvalue weighted by atomic mass is 16.4. The highest BCUT2D eigenvalue weighted by Gasteiger charge is 2.44. The molecule has 0 fully saturated rings. The van der Waals surface area contributed by atoms with Gasteiger partial charge in [-0.15, -0.1) is 30.6 Å². The number of tetrazole rings is 3. The summed E-state index contributed by atoms with van der Waals surface area (Å²) in [6.07, 6.45) is 1.83. The summed E-state index contributed by atoms with van der Waals surface area (Å²) in [6.45, 7) is 10.3. The van der Waals surface area contributed by atoms with Gasteiger partial charge in [0.1, 0.15) is 0 Å². The fraction of sp³-hybridized carbons (Fsp3) is 0.338. The van der Waals surface area contributed by atoms with Crippen molar-refractivity contribution in [2.45, 2.75) is 83.6 Å². The molecule has 25 nitrogen and oxygen atoms in total. The molecular formula is C68H83N17O8. The second kappa shape index (κ2) is 30.9. The number of amides is 4. The van der Waals surface area contributed by atoms with E-state index in [1.165, 1.54) is 9.80 Å². The van der Waals surface area contributed by atoms with Gasteiger partial charge in [0, 0.05) is 84.7 Å². The van der Waals surface area contributed by atoms with E-state index in [2.05, 4.69) is 89.6 Å². The third kappa shape index (κ3) is 15.9. The first-order valence-electron chi connectivity index (χ1n) is 29.6. The summed E-state index contributed by atoms with van der Waals surface area (Å²) in [7, 11) is 13.8. The molecule has 0 radical (unpaired) electrons. The minimum absolute atomic E-state index is 0. The summed E-state index contributed by atoms with van der Waals surface area (Å²) >= 11 is 0. The number of carbonyl (C=O) groups excluding carboxylic acids is 4. The van der Waals surface area contributed by atoms with Crippen LogP contribution in [0, 0.1) is 11.8 Å². The molecule has 0 unspecified atom stereocenters. The van der Waals surface area contributed by atoms with Crippen LogP contribution < -0.4 is 5.73 Å². The highest BCUT2D eigenvalue weighted by molar-refractivity contribution is 5.96. The standard InChI is InChI=1S/C24H30N6O2.C23H29N7O2.C20H20N4O4.CH4/c1-16(2)15-24(23-25-27-28-26-23,19-11-7-17(8-12-19)21(31)29(3)4)20-13-9-18(10-14-20)22(32)30(5)6;1-15(24)14-23(22-25-27-28-26-22,18-10-6-16(7-11-18)20(31)29(2)3)19-12-8-17(9-13-19)21(32)30(4)5;1-12(2)11-20(19-21-23-24-22-19,15-7-3-13(4-8-15)17(25)26)16-9-5-14(6-10-16)18(27)28;/h7-14,16H,15H2,1-6H3,(H,25,26,27,28);6-13,15H,14,24H2,1-5H3,(H,25,26,27,28);3-10,12H,11H2,1-2H3,(H,25,26)(H,27,28)(H,21,22,23,24);1H4/t;15-;;/m.0../s1. The Labute approximate surface area is 541 Å². The lowest BCUT2D eigenvalue weighted by atomic mass is 9.68. The molecule has 0 bridgehead atoms. The second-order valence-corrected chi connectivity index (χ2v) is 24.2. The van der Waals surface area contributed by atoms with Gasteiger partial charge in [0.15, 0.2) is 17.5 Å². The van der Waals surface area contributed by atoms with Crippen molar-refractivity contribution in [1.82, 2.24) is 81.5 Å². The van der Waals surface area contributed by atoms with Crippen molar-refractivity contribution in [3.05, 3.63) is 230 Å². The molecule has 3 aromatic heterocycles. The number of carboxylic acid groups (broad SMARTS) is 2. The van der Waals surface area contributed by atoms with Gasteiger partial charge in [0.05, 0.1) is 27.4 Å². The zero-order valence-electron chi connectivity index (χ0n) is 53.9. The summed E-state index contributed by atoms with van der Waals surface area (Å²) in [5.74, 6) is -0.311. The number of nitrogens with two attached hydrogens (primary N) is 1. The van der Waals surface area contributed by atoms with Crippen molar-refractivity contribution in [1.29, 1.82) is 0 Å². The highest BCUT2D eigenvalue weighted by Crippen LogP contribution is 2.45. The van der Waals surface area contributed by atoms with Crippen LogP contribution in [0.3, 0.4) is 0 Å². The summed E-state index contributed by atoms with van der Waals surface area (Å²) in [4.78, 5) is 78.2. The number of nitrogens with zero attached hydrogens (tertiary/aromatic N) is 13. The minimum atomic E-state index is -1.01. The number of aromatic carboxylic acids is 2. The third-order valence-corrected chi connectivity index (χ3v) is 15.6. The predicted octanol–water partition coefficient (Wildman–Crippen LogP) is 8.27. The van der Waals surface area contributed by atoms with E-state index < -0.39 is 28.2 Å². The Balaban J connectivity index is 0.000000221. The molecule has 0 saturated heterocycles. The lowest BCUT2D eigenvalue weighted by Crippen LogP contribution is -2.37. The maximum absolute atomic E-state index is 12.4. The van der Waals surface area contributed by atoms with Crippen molar-refractivity contribution < 1.29 is 39.0 Å². The van der Waals surface area contributed by atoms with Crippen LogP contribution in [0.4, 0.5) is 0 Å². The number of benzene rings is 6. The third-order valence-electron chi connectivity index (χ3n) is 15.6. The van der Waals surface area contributed by atoms with Crippen LogP contribution in [0.5, 0.6) is 0 Å². The predicted molar refractivity (Wildman–Crippen MR) is 351 cm³/mol. The first-order chi connectivity index (χ1) is 43.7. The largest absolute Gasteiger partial charge is 0.478 e. The number of aromatic amines is 3. The molecule has 7 N–H and O–H groups in total. The minimum Gasteiger partial charge on any atom is -0.478 e. The van der Waals surface area contributed by atoms with E-state index in [-0.39, 0.29) is 54.1 Å². The van der Waals surface area contributed by atoms with E-state index in [0.29, 0.717) is 64.9 Å². The Kier molecular flexibility index (Phi) is 23.7. The fourth-order valence-electron chi connectivity index (χ4n) is 11.4. The van der Waals surface area contributed by atoms with Crippen LogP contribution >= 0.6 is 0 Å². The van der Waals surface area contributed by atoms with E-state index in [4.69, 9.17) is 5.73 Å². The Hall–Kier alpha value is -10.7. The molecule has 3 heterocycles. The molecule has 0 aliphatic carbocycles. The monoisotopic (exact) mass is 1270 g/mol. The molecule has 9 rings (SSSR count). The van der Waals surface area contributed by atoms with Crippen LogP contribution in [0.15, 0.2) is 146 Å². The summed E-state index contributed by atoms with van der Waals surface area (Å²) < 4.78 is 0. The van der Waals surface area contributed by atoms with Crippen LogP contribution in [0.1, 0.15) is 174 Å². The SMILES string of the molecule is C.CC(C)CC(c1ccc(C(=O)N(C)C)cc1)(c1ccc(C(=O)N(C)C)cc1)c1nn[nH]n1.CC(C)CC(c1ccc(C(=O)O)cc1)(c1ccc(C(=O)O)cc1)c1nn[nH]n1.C[C@H](N)CC(c1ccc(C(=O)N(C)C)cc1)(c1ccc(C(=O)N(C)C)cc1)c1nn[nH]n1. The molecule has 0 aliphatic heterocycles. The molecule has 0 spiro atoms. The van der Waals surface area contributed by atoms with Gasteiger partial charge in [0.25, 0.3) is 23.6 Å². The van der Waals surface area contributed by atoms with E-state index >= 15 is 0 Å². The molecule has 0 aliphatic rings. The molecule has 1 atom stereocenters. The Bertz CT molecular complexity index is 3530. The lowest BCUT2D eigenvalue weighted by molar-refractivity contribution is 0.0686. The van der Waals surface area contributed by atoms with Crippen molar-refractivity contribution in [3.8, 4) is 0 Å². The number of H-pyrrole nitrogens is 3. The smallest absolute Gasteiger partial charge is 0.335 e. The van der Waals surface area contributed by atoms with Crippen LogP contribution in [0.25, 0.3) is 0 Å². The molecule has 4 amide bonds. The van der Waals surface area contributed by atoms with Gasteiger partial charge in [-0.3, -0.25) is 19.2 Å². The molecule has 6 aromatic carbocycles.